The second-order valence-corrected chi connectivity index (χ2v) is 4.15. The van der Waals surface area contributed by atoms with Gasteiger partial charge in [0.1, 0.15) is 11.6 Å². The number of unbranched alkanes of at least 4 members (excludes halogenated alkanes) is 1. The van der Waals surface area contributed by atoms with Crippen molar-refractivity contribution in [2.75, 3.05) is 19.8 Å². The largest absolute Gasteiger partial charge is 0.482 e. The molecule has 1 rings (SSSR count). The van der Waals surface area contributed by atoms with E-state index in [-0.39, 0.29) is 12.4 Å². The van der Waals surface area contributed by atoms with Crippen molar-refractivity contribution in [1.29, 1.82) is 0 Å². The fourth-order valence-corrected chi connectivity index (χ4v) is 1.55. The van der Waals surface area contributed by atoms with E-state index in [0.29, 0.717) is 30.9 Å². The van der Waals surface area contributed by atoms with Crippen LogP contribution in [0.2, 0.25) is 0 Å². The molecule has 0 aromatic heterocycles. The fraction of sp³-hybridized carbons (Fsp3) is 0.500. The molecule has 0 radical (unpaired) electrons. The van der Waals surface area contributed by atoms with Gasteiger partial charge < -0.3 is 15.2 Å². The Morgan fingerprint density at radius 2 is 2.21 bits per heavy atom. The molecule has 1 aromatic rings. The van der Waals surface area contributed by atoms with Gasteiger partial charge in [-0.1, -0.05) is 13.3 Å². The molecule has 0 saturated heterocycles. The van der Waals surface area contributed by atoms with Crippen LogP contribution in [0.3, 0.4) is 0 Å². The van der Waals surface area contributed by atoms with Crippen molar-refractivity contribution in [3.05, 3.63) is 29.6 Å². The summed E-state index contributed by atoms with van der Waals surface area (Å²) in [4.78, 5) is 11.4. The average molecular weight is 269 g/mol. The number of rotatable bonds is 8. The van der Waals surface area contributed by atoms with E-state index in [1.165, 1.54) is 18.2 Å². The number of hydrogen-bond donors (Lipinski definition) is 1. The lowest BCUT2D eigenvalue weighted by molar-refractivity contribution is -0.146. The summed E-state index contributed by atoms with van der Waals surface area (Å²) in [6, 6.07) is 4.15. The highest BCUT2D eigenvalue weighted by molar-refractivity contribution is 5.71. The topological polar surface area (TPSA) is 61.5 Å². The summed E-state index contributed by atoms with van der Waals surface area (Å²) < 4.78 is 23.4. The maximum Gasteiger partial charge on any atom is 0.344 e. The molecule has 0 atom stereocenters. The summed E-state index contributed by atoms with van der Waals surface area (Å²) in [7, 11) is 0. The number of nitrogens with two attached hydrogens (primary N) is 1. The van der Waals surface area contributed by atoms with Gasteiger partial charge in [0.2, 0.25) is 0 Å². The number of hydrogen-bond acceptors (Lipinski definition) is 4. The third kappa shape index (κ3) is 5.70. The van der Waals surface area contributed by atoms with Crippen molar-refractivity contribution in [2.45, 2.75) is 26.2 Å². The van der Waals surface area contributed by atoms with Gasteiger partial charge in [-0.25, -0.2) is 9.18 Å². The highest BCUT2D eigenvalue weighted by Crippen LogP contribution is 2.20. The quantitative estimate of drug-likeness (QED) is 0.579. The Hall–Kier alpha value is -1.62. The van der Waals surface area contributed by atoms with Gasteiger partial charge in [0.25, 0.3) is 0 Å². The van der Waals surface area contributed by atoms with Gasteiger partial charge in [0.05, 0.1) is 6.61 Å². The van der Waals surface area contributed by atoms with E-state index in [0.717, 1.165) is 12.8 Å². The van der Waals surface area contributed by atoms with Crippen LogP contribution < -0.4 is 10.5 Å². The summed E-state index contributed by atoms with van der Waals surface area (Å²) >= 11 is 0. The zero-order chi connectivity index (χ0) is 14.1. The van der Waals surface area contributed by atoms with Gasteiger partial charge in [-0.2, -0.15) is 0 Å². The Morgan fingerprint density at radius 3 is 2.89 bits per heavy atom. The molecule has 0 bridgehead atoms. The SMILES string of the molecule is CCCCOC(=O)COc1ccc(F)cc1CCN. The third-order valence-electron chi connectivity index (χ3n) is 2.54. The second kappa shape index (κ2) is 8.48. The third-order valence-corrected chi connectivity index (χ3v) is 2.54. The molecule has 0 saturated carbocycles. The monoisotopic (exact) mass is 269 g/mol. The van der Waals surface area contributed by atoms with Crippen LogP contribution in [0.5, 0.6) is 5.75 Å². The standard InChI is InChI=1S/C14H20FNO3/c1-2-3-8-18-14(17)10-19-13-5-4-12(15)9-11(13)6-7-16/h4-5,9H,2-3,6-8,10,16H2,1H3. The first-order valence-corrected chi connectivity index (χ1v) is 6.44. The number of halogens is 1. The molecule has 5 heteroatoms. The van der Waals surface area contributed by atoms with Crippen molar-refractivity contribution in [3.8, 4) is 5.75 Å². The van der Waals surface area contributed by atoms with Crippen LogP contribution >= 0.6 is 0 Å². The second-order valence-electron chi connectivity index (χ2n) is 4.15. The molecular formula is C14H20FNO3. The highest BCUT2D eigenvalue weighted by atomic mass is 19.1. The van der Waals surface area contributed by atoms with Crippen LogP contribution in [0.1, 0.15) is 25.3 Å². The van der Waals surface area contributed by atoms with Crippen LogP contribution in [0.25, 0.3) is 0 Å². The van der Waals surface area contributed by atoms with Crippen molar-refractivity contribution in [1.82, 2.24) is 0 Å². The lowest BCUT2D eigenvalue weighted by atomic mass is 10.1. The van der Waals surface area contributed by atoms with Gasteiger partial charge in [-0.05, 0) is 43.1 Å². The van der Waals surface area contributed by atoms with E-state index < -0.39 is 5.97 Å². The molecule has 0 aliphatic carbocycles. The molecule has 2 N–H and O–H groups in total. The Kier molecular flexibility index (Phi) is 6.89. The normalized spacial score (nSPS) is 10.3. The van der Waals surface area contributed by atoms with E-state index in [4.69, 9.17) is 15.2 Å². The summed E-state index contributed by atoms with van der Waals surface area (Å²) in [5, 5.41) is 0. The minimum absolute atomic E-state index is 0.174. The molecule has 0 aliphatic heterocycles. The first-order chi connectivity index (χ1) is 9.17. The van der Waals surface area contributed by atoms with Crippen LogP contribution in [0.4, 0.5) is 4.39 Å². The molecule has 0 unspecified atom stereocenters. The van der Waals surface area contributed by atoms with Crippen LogP contribution in [-0.4, -0.2) is 25.7 Å². The zero-order valence-electron chi connectivity index (χ0n) is 11.2. The first-order valence-electron chi connectivity index (χ1n) is 6.44. The molecule has 106 valence electrons. The van der Waals surface area contributed by atoms with Crippen molar-refractivity contribution in [2.24, 2.45) is 5.73 Å². The molecule has 0 amide bonds. The summed E-state index contributed by atoms with van der Waals surface area (Å²) in [6.07, 6.45) is 2.30. The molecule has 0 fully saturated rings. The Balaban J connectivity index is 2.50. The van der Waals surface area contributed by atoms with E-state index in [1.54, 1.807) is 0 Å². The number of esters is 1. The molecule has 19 heavy (non-hydrogen) atoms. The highest BCUT2D eigenvalue weighted by Gasteiger charge is 2.08. The van der Waals surface area contributed by atoms with Crippen molar-refractivity contribution in [3.63, 3.8) is 0 Å². The van der Waals surface area contributed by atoms with E-state index >= 15 is 0 Å². The maximum atomic E-state index is 13.1. The number of benzene rings is 1. The zero-order valence-corrected chi connectivity index (χ0v) is 11.2. The maximum absolute atomic E-state index is 13.1. The van der Waals surface area contributed by atoms with Gasteiger partial charge in [-0.15, -0.1) is 0 Å². The Labute approximate surface area is 112 Å². The van der Waals surface area contributed by atoms with Crippen LogP contribution in [0.15, 0.2) is 18.2 Å². The average Bonchev–Trinajstić information content (AvgIpc) is 2.38. The molecule has 0 aliphatic rings. The number of carbonyl (C=O) groups is 1. The van der Waals surface area contributed by atoms with Gasteiger partial charge >= 0.3 is 5.97 Å². The summed E-state index contributed by atoms with van der Waals surface area (Å²) in [6.45, 7) is 2.63. The van der Waals surface area contributed by atoms with Crippen LogP contribution in [-0.2, 0) is 16.0 Å². The van der Waals surface area contributed by atoms with Crippen molar-refractivity contribution < 1.29 is 18.7 Å². The molecule has 0 spiro atoms. The number of carbonyl (C=O) groups excluding carboxylic acids is 1. The first kappa shape index (κ1) is 15.4. The minimum atomic E-state index is -0.420. The molecule has 1 aromatic carbocycles. The molecule has 4 nitrogen and oxygen atoms in total. The Bertz CT molecular complexity index is 410. The predicted octanol–water partition coefficient (Wildman–Crippen LogP) is 2.05. The lowest BCUT2D eigenvalue weighted by Gasteiger charge is -2.11. The van der Waals surface area contributed by atoms with Gasteiger partial charge in [0.15, 0.2) is 6.61 Å². The van der Waals surface area contributed by atoms with Gasteiger partial charge in [0, 0.05) is 0 Å². The lowest BCUT2D eigenvalue weighted by Crippen LogP contribution is -2.16. The predicted molar refractivity (Wildman–Crippen MR) is 70.5 cm³/mol. The van der Waals surface area contributed by atoms with Crippen LogP contribution in [0, 0.1) is 5.82 Å². The minimum Gasteiger partial charge on any atom is -0.482 e. The fourth-order valence-electron chi connectivity index (χ4n) is 1.55. The smallest absolute Gasteiger partial charge is 0.344 e. The van der Waals surface area contributed by atoms with E-state index in [9.17, 15) is 9.18 Å². The van der Waals surface area contributed by atoms with Crippen molar-refractivity contribution >= 4 is 5.97 Å². The van der Waals surface area contributed by atoms with E-state index in [2.05, 4.69) is 0 Å². The summed E-state index contributed by atoms with van der Waals surface area (Å²) in [5.74, 6) is -0.294. The van der Waals surface area contributed by atoms with E-state index in [1.807, 2.05) is 6.92 Å². The number of ether oxygens (including phenoxy) is 2. The Morgan fingerprint density at radius 1 is 1.42 bits per heavy atom. The molecule has 0 heterocycles. The molecular weight excluding hydrogens is 249 g/mol. The van der Waals surface area contributed by atoms with Gasteiger partial charge in [-0.3, -0.25) is 0 Å². The summed E-state index contributed by atoms with van der Waals surface area (Å²) in [5.41, 5.74) is 6.10.